The van der Waals surface area contributed by atoms with Crippen LogP contribution in [0.2, 0.25) is 0 Å². The van der Waals surface area contributed by atoms with Crippen LogP contribution < -0.4 is 11.1 Å². The van der Waals surface area contributed by atoms with E-state index in [-0.39, 0.29) is 23.2 Å². The number of thiocarbonyl (C=S) groups is 1. The summed E-state index contributed by atoms with van der Waals surface area (Å²) in [4.78, 5) is 13.4. The molecule has 6 nitrogen and oxygen atoms in total. The first kappa shape index (κ1) is 12.5. The van der Waals surface area contributed by atoms with Crippen LogP contribution in [-0.4, -0.2) is 15.0 Å². The van der Waals surface area contributed by atoms with Gasteiger partial charge in [-0.05, 0) is 18.3 Å². The minimum absolute atomic E-state index is 0. The molecule has 0 bridgehead atoms. The molecule has 1 rings (SSSR count). The number of nitrogens with two attached hydrogens (primary N) is 1. The predicted molar refractivity (Wildman–Crippen MR) is 58.5 cm³/mol. The zero-order chi connectivity index (χ0) is 9.84. The maximum absolute atomic E-state index is 10.2. The van der Waals surface area contributed by atoms with E-state index in [4.69, 9.17) is 5.73 Å². The molecular weight excluding hydrogens is 228 g/mol. The molecule has 0 aliphatic carbocycles. The van der Waals surface area contributed by atoms with Crippen molar-refractivity contribution < 1.29 is 4.92 Å². The summed E-state index contributed by atoms with van der Waals surface area (Å²) in [6.07, 6.45) is 1.13. The molecule has 0 saturated heterocycles. The summed E-state index contributed by atoms with van der Waals surface area (Å²) in [6.45, 7) is 0. The molecule has 0 amide bonds. The Morgan fingerprint density at radius 2 is 2.29 bits per heavy atom. The van der Waals surface area contributed by atoms with E-state index in [0.717, 1.165) is 6.20 Å². The van der Waals surface area contributed by atoms with E-state index in [1.807, 2.05) is 0 Å². The second kappa shape index (κ2) is 5.30. The number of hydrogen-bond acceptors (Lipinski definition) is 4. The fourth-order valence-corrected chi connectivity index (χ4v) is 0.799. The van der Waals surface area contributed by atoms with Crippen LogP contribution in [-0.2, 0) is 0 Å². The van der Waals surface area contributed by atoms with Gasteiger partial charge in [-0.1, -0.05) is 0 Å². The molecule has 1 aromatic heterocycles. The molecule has 14 heavy (non-hydrogen) atoms. The van der Waals surface area contributed by atoms with Gasteiger partial charge in [-0.2, -0.15) is 0 Å². The van der Waals surface area contributed by atoms with Crippen LogP contribution in [0.25, 0.3) is 0 Å². The van der Waals surface area contributed by atoms with Crippen LogP contribution in [0.4, 0.5) is 11.5 Å². The van der Waals surface area contributed by atoms with Crippen molar-refractivity contribution in [1.29, 1.82) is 0 Å². The Kier molecular flexibility index (Phi) is 4.74. The van der Waals surface area contributed by atoms with Crippen LogP contribution >= 0.6 is 24.6 Å². The van der Waals surface area contributed by atoms with Gasteiger partial charge in [0.15, 0.2) is 5.11 Å². The maximum Gasteiger partial charge on any atom is 0.287 e. The van der Waals surface area contributed by atoms with E-state index >= 15 is 0 Å². The number of pyridine rings is 1. The molecule has 0 atom stereocenters. The van der Waals surface area contributed by atoms with Crippen LogP contribution in [0.5, 0.6) is 0 Å². The van der Waals surface area contributed by atoms with Gasteiger partial charge >= 0.3 is 0 Å². The van der Waals surface area contributed by atoms with Crippen LogP contribution in [0.15, 0.2) is 18.3 Å². The lowest BCUT2D eigenvalue weighted by Gasteiger charge is -2.00. The van der Waals surface area contributed by atoms with Crippen molar-refractivity contribution in [2.24, 2.45) is 5.73 Å². The summed E-state index contributed by atoms with van der Waals surface area (Å²) >= 11 is 4.55. The molecule has 0 saturated carbocycles. The summed E-state index contributed by atoms with van der Waals surface area (Å²) < 4.78 is 0. The Morgan fingerprint density at radius 3 is 2.64 bits per heavy atom. The van der Waals surface area contributed by atoms with Gasteiger partial charge in [-0.15, -0.1) is 12.4 Å². The van der Waals surface area contributed by atoms with Gasteiger partial charge < -0.3 is 11.1 Å². The van der Waals surface area contributed by atoms with Gasteiger partial charge in [0.05, 0.1) is 4.92 Å². The SMILES string of the molecule is Cl.NC(=S)Nc1ccc([N+](=O)[O-])cn1. The van der Waals surface area contributed by atoms with Gasteiger partial charge in [-0.25, -0.2) is 4.98 Å². The maximum atomic E-state index is 10.2. The number of anilines is 1. The number of nitrogens with one attached hydrogen (secondary N) is 1. The lowest BCUT2D eigenvalue weighted by atomic mass is 10.4. The molecule has 0 unspecified atom stereocenters. The normalized spacial score (nSPS) is 8.57. The van der Waals surface area contributed by atoms with E-state index in [9.17, 15) is 10.1 Å². The first-order chi connectivity index (χ1) is 6.09. The summed E-state index contributed by atoms with van der Waals surface area (Å²) in [5, 5.41) is 12.8. The Hall–Kier alpha value is -1.47. The second-order valence-electron chi connectivity index (χ2n) is 2.15. The molecule has 1 heterocycles. The molecule has 1 aromatic rings. The number of rotatable bonds is 2. The number of nitro groups is 1. The molecule has 8 heteroatoms. The fraction of sp³-hybridized carbons (Fsp3) is 0. The topological polar surface area (TPSA) is 94.1 Å². The fourth-order valence-electron chi connectivity index (χ4n) is 0.694. The zero-order valence-corrected chi connectivity index (χ0v) is 8.47. The molecular formula is C6H7ClN4O2S. The summed E-state index contributed by atoms with van der Waals surface area (Å²) in [5.74, 6) is 0.387. The molecule has 0 aromatic carbocycles. The molecule has 3 N–H and O–H groups in total. The molecule has 0 fully saturated rings. The lowest BCUT2D eigenvalue weighted by molar-refractivity contribution is -0.385. The highest BCUT2D eigenvalue weighted by molar-refractivity contribution is 7.80. The van der Waals surface area contributed by atoms with Gasteiger partial charge in [-0.3, -0.25) is 10.1 Å². The molecule has 0 spiro atoms. The standard InChI is InChI=1S/C6H6N4O2S.ClH/c7-6(13)9-5-2-1-4(3-8-5)10(11)12;/h1-3H,(H3,7,8,9,13);1H. The van der Waals surface area contributed by atoms with Crippen molar-refractivity contribution >= 4 is 41.2 Å². The van der Waals surface area contributed by atoms with Gasteiger partial charge in [0.2, 0.25) is 0 Å². The van der Waals surface area contributed by atoms with Crippen LogP contribution in [0.3, 0.4) is 0 Å². The van der Waals surface area contributed by atoms with Crippen molar-refractivity contribution in [3.05, 3.63) is 28.4 Å². The average Bonchev–Trinajstić information content (AvgIpc) is 2.04. The Bertz CT molecular complexity index is 342. The lowest BCUT2D eigenvalue weighted by Crippen LogP contribution is -2.19. The molecule has 76 valence electrons. The Morgan fingerprint density at radius 1 is 1.64 bits per heavy atom. The van der Waals surface area contributed by atoms with Gasteiger partial charge in [0.25, 0.3) is 5.69 Å². The van der Waals surface area contributed by atoms with Crippen LogP contribution in [0, 0.1) is 10.1 Å². The second-order valence-corrected chi connectivity index (χ2v) is 2.59. The van der Waals surface area contributed by atoms with Crippen molar-refractivity contribution in [3.8, 4) is 0 Å². The third-order valence-corrected chi connectivity index (χ3v) is 1.31. The number of aromatic nitrogens is 1. The smallest absolute Gasteiger partial charge is 0.287 e. The van der Waals surface area contributed by atoms with Crippen molar-refractivity contribution in [2.75, 3.05) is 5.32 Å². The largest absolute Gasteiger partial charge is 0.376 e. The monoisotopic (exact) mass is 234 g/mol. The van der Waals surface area contributed by atoms with Crippen molar-refractivity contribution in [2.45, 2.75) is 0 Å². The predicted octanol–water partition coefficient (Wildman–Crippen LogP) is 1.07. The summed E-state index contributed by atoms with van der Waals surface area (Å²) in [5.41, 5.74) is 5.09. The number of hydrogen-bond donors (Lipinski definition) is 2. The highest BCUT2D eigenvalue weighted by atomic mass is 35.5. The molecule has 0 aliphatic heterocycles. The van der Waals surface area contributed by atoms with E-state index in [1.54, 1.807) is 0 Å². The zero-order valence-electron chi connectivity index (χ0n) is 6.84. The quantitative estimate of drug-likeness (QED) is 0.452. The first-order valence-electron chi connectivity index (χ1n) is 3.26. The Labute approximate surface area is 91.1 Å². The minimum atomic E-state index is -0.530. The third-order valence-electron chi connectivity index (χ3n) is 1.21. The van der Waals surface area contributed by atoms with E-state index in [0.29, 0.717) is 5.82 Å². The van der Waals surface area contributed by atoms with E-state index in [2.05, 4.69) is 22.5 Å². The molecule has 0 aliphatic rings. The van der Waals surface area contributed by atoms with Crippen molar-refractivity contribution in [1.82, 2.24) is 4.98 Å². The van der Waals surface area contributed by atoms with E-state index in [1.165, 1.54) is 12.1 Å². The average molecular weight is 235 g/mol. The Balaban J connectivity index is 0.00000169. The van der Waals surface area contributed by atoms with Crippen LogP contribution in [0.1, 0.15) is 0 Å². The molecule has 0 radical (unpaired) electrons. The minimum Gasteiger partial charge on any atom is -0.376 e. The summed E-state index contributed by atoms with van der Waals surface area (Å²) in [7, 11) is 0. The highest BCUT2D eigenvalue weighted by Crippen LogP contribution is 2.11. The number of nitrogens with zero attached hydrogens (tertiary/aromatic N) is 2. The van der Waals surface area contributed by atoms with E-state index < -0.39 is 4.92 Å². The van der Waals surface area contributed by atoms with Gasteiger partial charge in [0.1, 0.15) is 12.0 Å². The van der Waals surface area contributed by atoms with Gasteiger partial charge in [0, 0.05) is 6.07 Å². The highest BCUT2D eigenvalue weighted by Gasteiger charge is 2.04. The van der Waals surface area contributed by atoms with Crippen molar-refractivity contribution in [3.63, 3.8) is 0 Å². The number of halogens is 1. The summed E-state index contributed by atoms with van der Waals surface area (Å²) in [6, 6.07) is 2.74. The first-order valence-corrected chi connectivity index (χ1v) is 3.67. The third kappa shape index (κ3) is 3.50.